The van der Waals surface area contributed by atoms with Crippen molar-refractivity contribution >= 4 is 63.3 Å². The quantitative estimate of drug-likeness (QED) is 0.366. The van der Waals surface area contributed by atoms with Crippen LogP contribution in [0.15, 0.2) is 21.9 Å². The second kappa shape index (κ2) is 9.28. The van der Waals surface area contributed by atoms with Gasteiger partial charge in [-0.2, -0.15) is 5.26 Å². The standard InChI is InChI=1S/C20H15Cl3N4O3S/c1-4-30-20(29)17-9(2)12(7-24)18(31-17)25-8-13-10(3)26-27(19(13)28)16-14(22)5-11(21)6-15(16)23/h5-6,8,26H,4H2,1-3H3/b25-8+. The van der Waals surface area contributed by atoms with E-state index in [0.29, 0.717) is 26.2 Å². The first-order chi connectivity index (χ1) is 14.7. The lowest BCUT2D eigenvalue weighted by atomic mass is 10.2. The van der Waals surface area contributed by atoms with Crippen LogP contribution >= 0.6 is 46.1 Å². The molecule has 2 aromatic heterocycles. The fourth-order valence-electron chi connectivity index (χ4n) is 2.85. The molecule has 0 saturated carbocycles. The number of esters is 1. The summed E-state index contributed by atoms with van der Waals surface area (Å²) >= 11 is 19.4. The van der Waals surface area contributed by atoms with Crippen molar-refractivity contribution in [2.45, 2.75) is 20.8 Å². The Bertz CT molecular complexity index is 1290. The fourth-order valence-corrected chi connectivity index (χ4v) is 4.84. The number of aromatic nitrogens is 2. The van der Waals surface area contributed by atoms with E-state index >= 15 is 0 Å². The number of nitrogens with one attached hydrogen (secondary N) is 1. The van der Waals surface area contributed by atoms with E-state index in [4.69, 9.17) is 39.5 Å². The van der Waals surface area contributed by atoms with Crippen molar-refractivity contribution in [1.29, 1.82) is 5.26 Å². The molecule has 0 aliphatic carbocycles. The zero-order chi connectivity index (χ0) is 22.9. The molecule has 3 aromatic rings. The number of rotatable bonds is 5. The second-order valence-corrected chi connectivity index (χ2v) is 8.59. The molecule has 0 aliphatic heterocycles. The van der Waals surface area contributed by atoms with E-state index in [9.17, 15) is 14.9 Å². The maximum Gasteiger partial charge on any atom is 0.348 e. The van der Waals surface area contributed by atoms with Crippen LogP contribution in [0.2, 0.25) is 15.1 Å². The van der Waals surface area contributed by atoms with Crippen LogP contribution in [0, 0.1) is 25.2 Å². The highest BCUT2D eigenvalue weighted by Gasteiger charge is 2.21. The number of aromatic amines is 1. The first kappa shape index (κ1) is 23.1. The number of halogens is 3. The van der Waals surface area contributed by atoms with Crippen molar-refractivity contribution in [3.63, 3.8) is 0 Å². The molecule has 0 fully saturated rings. The Morgan fingerprint density at radius 3 is 2.55 bits per heavy atom. The molecule has 31 heavy (non-hydrogen) atoms. The average Bonchev–Trinajstić information content (AvgIpc) is 3.15. The predicted octanol–water partition coefficient (Wildman–Crippen LogP) is 5.60. The van der Waals surface area contributed by atoms with E-state index in [1.165, 1.54) is 23.0 Å². The largest absolute Gasteiger partial charge is 0.462 e. The van der Waals surface area contributed by atoms with Gasteiger partial charge < -0.3 is 4.74 Å². The van der Waals surface area contributed by atoms with Gasteiger partial charge in [0.2, 0.25) is 0 Å². The summed E-state index contributed by atoms with van der Waals surface area (Å²) in [5.41, 5.74) is 1.31. The van der Waals surface area contributed by atoms with E-state index in [1.54, 1.807) is 20.8 Å². The maximum atomic E-state index is 13.0. The molecule has 0 saturated heterocycles. The van der Waals surface area contributed by atoms with Crippen LogP contribution in [0.3, 0.4) is 0 Å². The van der Waals surface area contributed by atoms with Crippen molar-refractivity contribution in [3.8, 4) is 11.8 Å². The number of aliphatic imine (C=N–C) groups is 1. The summed E-state index contributed by atoms with van der Waals surface area (Å²) in [7, 11) is 0. The minimum absolute atomic E-state index is 0.198. The second-order valence-electron chi connectivity index (χ2n) is 6.34. The first-order valence-corrected chi connectivity index (χ1v) is 10.9. The summed E-state index contributed by atoms with van der Waals surface area (Å²) in [6.07, 6.45) is 1.34. The third-order valence-corrected chi connectivity index (χ3v) is 6.31. The van der Waals surface area contributed by atoms with E-state index in [2.05, 4.69) is 10.1 Å². The summed E-state index contributed by atoms with van der Waals surface area (Å²) in [6.45, 7) is 5.25. The SMILES string of the molecule is CCOC(=O)c1sc(/N=C/c2c(C)[nH]n(-c3c(Cl)cc(Cl)cc3Cl)c2=O)c(C#N)c1C. The molecule has 0 bridgehead atoms. The number of H-pyrrole nitrogens is 1. The topological polar surface area (TPSA) is 100 Å². The number of nitriles is 1. The van der Waals surface area contributed by atoms with Crippen LogP contribution in [-0.4, -0.2) is 28.6 Å². The molecule has 0 atom stereocenters. The van der Waals surface area contributed by atoms with Gasteiger partial charge in [0, 0.05) is 16.9 Å². The van der Waals surface area contributed by atoms with Crippen molar-refractivity contribution in [2.24, 2.45) is 4.99 Å². The molecule has 0 radical (unpaired) electrons. The van der Waals surface area contributed by atoms with Gasteiger partial charge in [-0.3, -0.25) is 9.89 Å². The number of thiophene rings is 1. The molecule has 7 nitrogen and oxygen atoms in total. The molecule has 160 valence electrons. The summed E-state index contributed by atoms with van der Waals surface area (Å²) in [5.74, 6) is -0.518. The predicted molar refractivity (Wildman–Crippen MR) is 123 cm³/mol. The van der Waals surface area contributed by atoms with Gasteiger partial charge in [0.25, 0.3) is 5.56 Å². The minimum atomic E-state index is -0.518. The van der Waals surface area contributed by atoms with Crippen molar-refractivity contribution in [1.82, 2.24) is 9.78 Å². The zero-order valence-electron chi connectivity index (χ0n) is 16.5. The summed E-state index contributed by atoms with van der Waals surface area (Å²) in [4.78, 5) is 29.7. The molecule has 0 aliphatic rings. The highest BCUT2D eigenvalue weighted by Crippen LogP contribution is 2.35. The Hall–Kier alpha value is -2.57. The Morgan fingerprint density at radius 1 is 1.32 bits per heavy atom. The molecular weight excluding hydrogens is 483 g/mol. The van der Waals surface area contributed by atoms with Crippen LogP contribution in [0.25, 0.3) is 5.69 Å². The molecule has 0 spiro atoms. The average molecular weight is 498 g/mol. The molecule has 2 heterocycles. The van der Waals surface area contributed by atoms with Crippen LogP contribution in [0.1, 0.15) is 39.0 Å². The van der Waals surface area contributed by atoms with E-state index in [0.717, 1.165) is 11.3 Å². The van der Waals surface area contributed by atoms with Crippen LogP contribution in [0.4, 0.5) is 5.00 Å². The van der Waals surface area contributed by atoms with Crippen LogP contribution < -0.4 is 5.56 Å². The van der Waals surface area contributed by atoms with Gasteiger partial charge in [0.1, 0.15) is 21.6 Å². The third-order valence-electron chi connectivity index (χ3n) is 4.33. The molecule has 0 unspecified atom stereocenters. The zero-order valence-corrected chi connectivity index (χ0v) is 19.6. The molecule has 11 heteroatoms. The Kier molecular flexibility index (Phi) is 6.92. The highest BCUT2D eigenvalue weighted by atomic mass is 35.5. The number of aryl methyl sites for hydroxylation is 1. The highest BCUT2D eigenvalue weighted by molar-refractivity contribution is 7.18. The van der Waals surface area contributed by atoms with Gasteiger partial charge in [-0.05, 0) is 38.5 Å². The lowest BCUT2D eigenvalue weighted by Gasteiger charge is -2.07. The van der Waals surface area contributed by atoms with Crippen molar-refractivity contribution in [3.05, 3.63) is 64.8 Å². The van der Waals surface area contributed by atoms with E-state index in [-0.39, 0.29) is 33.5 Å². The molecule has 1 N–H and O–H groups in total. The normalized spacial score (nSPS) is 11.1. The van der Waals surface area contributed by atoms with Gasteiger partial charge in [-0.25, -0.2) is 14.5 Å². The number of hydrogen-bond acceptors (Lipinski definition) is 6. The Morgan fingerprint density at radius 2 is 1.97 bits per heavy atom. The van der Waals surface area contributed by atoms with E-state index < -0.39 is 11.5 Å². The van der Waals surface area contributed by atoms with Gasteiger partial charge in [0.15, 0.2) is 0 Å². The smallest absolute Gasteiger partial charge is 0.348 e. The summed E-state index contributed by atoms with van der Waals surface area (Å²) in [5, 5.41) is 13.4. The molecule has 0 amide bonds. The number of hydrogen-bond donors (Lipinski definition) is 1. The van der Waals surface area contributed by atoms with E-state index in [1.807, 2.05) is 6.07 Å². The number of benzene rings is 1. The molecular formula is C20H15Cl3N4O3S. The fraction of sp³-hybridized carbons (Fsp3) is 0.200. The van der Waals surface area contributed by atoms with Crippen molar-refractivity contribution < 1.29 is 9.53 Å². The number of nitrogens with zero attached hydrogens (tertiary/aromatic N) is 3. The minimum Gasteiger partial charge on any atom is -0.462 e. The number of carbonyl (C=O) groups is 1. The number of carbonyl (C=O) groups excluding carboxylic acids is 1. The maximum absolute atomic E-state index is 13.0. The summed E-state index contributed by atoms with van der Waals surface area (Å²) in [6, 6.07) is 5.00. The van der Waals surface area contributed by atoms with Gasteiger partial charge in [0.05, 0.1) is 27.8 Å². The van der Waals surface area contributed by atoms with Gasteiger partial charge in [-0.1, -0.05) is 34.8 Å². The van der Waals surface area contributed by atoms with Crippen LogP contribution in [-0.2, 0) is 4.74 Å². The lowest BCUT2D eigenvalue weighted by molar-refractivity contribution is 0.0531. The lowest BCUT2D eigenvalue weighted by Crippen LogP contribution is -2.18. The Labute approximate surface area is 196 Å². The van der Waals surface area contributed by atoms with Gasteiger partial charge >= 0.3 is 5.97 Å². The van der Waals surface area contributed by atoms with Crippen LogP contribution in [0.5, 0.6) is 0 Å². The number of ether oxygens (including phenoxy) is 1. The molecule has 1 aromatic carbocycles. The molecule has 3 rings (SSSR count). The Balaban J connectivity index is 2.06. The van der Waals surface area contributed by atoms with Gasteiger partial charge in [-0.15, -0.1) is 11.3 Å². The third kappa shape index (κ3) is 4.41. The van der Waals surface area contributed by atoms with Crippen molar-refractivity contribution in [2.75, 3.05) is 6.61 Å². The monoisotopic (exact) mass is 496 g/mol. The summed E-state index contributed by atoms with van der Waals surface area (Å²) < 4.78 is 6.22. The first-order valence-electron chi connectivity index (χ1n) is 8.90.